The van der Waals surface area contributed by atoms with Crippen molar-refractivity contribution >= 4 is 0 Å². The van der Waals surface area contributed by atoms with E-state index in [1.165, 1.54) is 23.8 Å². The van der Waals surface area contributed by atoms with E-state index in [1.54, 1.807) is 0 Å². The van der Waals surface area contributed by atoms with Gasteiger partial charge in [0.15, 0.2) is 0 Å². The summed E-state index contributed by atoms with van der Waals surface area (Å²) in [6, 6.07) is 3.92. The Labute approximate surface area is 137 Å². The van der Waals surface area contributed by atoms with Crippen molar-refractivity contribution in [1.29, 1.82) is 0 Å². The molecule has 0 saturated carbocycles. The topological polar surface area (TPSA) is 35.5 Å². The molecule has 23 heavy (non-hydrogen) atoms. The van der Waals surface area contributed by atoms with Crippen molar-refractivity contribution < 1.29 is 13.9 Å². The molecule has 0 aliphatic carbocycles. The number of aliphatic hydroxyl groups excluding tert-OH is 1. The molecule has 1 aliphatic rings. The number of likely N-dealkylation sites (tertiary alicyclic amines) is 1. The number of allylic oxidation sites excluding steroid dienone is 1. The third-order valence-corrected chi connectivity index (χ3v) is 4.28. The van der Waals surface area contributed by atoms with Gasteiger partial charge in [-0.25, -0.2) is 8.78 Å². The van der Waals surface area contributed by atoms with Gasteiger partial charge in [0.2, 0.25) is 0 Å². The highest BCUT2D eigenvalue weighted by Gasteiger charge is 2.21. The second-order valence-electron chi connectivity index (χ2n) is 6.42. The fraction of sp³-hybridized carbons (Fsp3) is 0.556. The minimum atomic E-state index is -1.17. The van der Waals surface area contributed by atoms with Gasteiger partial charge in [0, 0.05) is 19.1 Å². The summed E-state index contributed by atoms with van der Waals surface area (Å²) in [7, 11) is 0. The third-order valence-electron chi connectivity index (χ3n) is 4.28. The Kier molecular flexibility index (Phi) is 6.69. The molecule has 5 heteroatoms. The average molecular weight is 324 g/mol. The van der Waals surface area contributed by atoms with Crippen LogP contribution in [-0.4, -0.2) is 42.2 Å². The average Bonchev–Trinajstić information content (AvgIpc) is 2.51. The Balaban J connectivity index is 1.78. The molecule has 0 radical (unpaired) electrons. The predicted octanol–water partition coefficient (Wildman–Crippen LogP) is 3.02. The van der Waals surface area contributed by atoms with Crippen LogP contribution in [0.3, 0.4) is 0 Å². The van der Waals surface area contributed by atoms with Gasteiger partial charge in [-0.15, -0.1) is 0 Å². The van der Waals surface area contributed by atoms with Crippen molar-refractivity contribution in [3.8, 4) is 0 Å². The van der Waals surface area contributed by atoms with Crippen molar-refractivity contribution in [2.75, 3.05) is 26.2 Å². The minimum Gasteiger partial charge on any atom is -0.387 e. The van der Waals surface area contributed by atoms with Gasteiger partial charge in [-0.1, -0.05) is 17.7 Å². The summed E-state index contributed by atoms with van der Waals surface area (Å²) in [6.45, 7) is 7.31. The summed E-state index contributed by atoms with van der Waals surface area (Å²) in [6.07, 6.45) is 3.00. The number of nitrogens with one attached hydrogen (secondary N) is 1. The highest BCUT2D eigenvalue weighted by molar-refractivity contribution is 5.22. The van der Waals surface area contributed by atoms with Gasteiger partial charge >= 0.3 is 0 Å². The molecular weight excluding hydrogens is 298 g/mol. The van der Waals surface area contributed by atoms with E-state index in [-0.39, 0.29) is 18.2 Å². The lowest BCUT2D eigenvalue weighted by atomic mass is 10.0. The maximum absolute atomic E-state index is 13.6. The summed E-state index contributed by atoms with van der Waals surface area (Å²) < 4.78 is 27.3. The molecule has 0 bridgehead atoms. The molecule has 2 rings (SSSR count). The number of aliphatic hydroxyl groups is 1. The fourth-order valence-corrected chi connectivity index (χ4v) is 2.84. The van der Waals surface area contributed by atoms with Crippen molar-refractivity contribution in [1.82, 2.24) is 10.2 Å². The monoisotopic (exact) mass is 324 g/mol. The highest BCUT2D eigenvalue weighted by atomic mass is 19.1. The molecule has 1 unspecified atom stereocenters. The first-order valence-electron chi connectivity index (χ1n) is 8.18. The molecular formula is C18H26F2N2O. The molecule has 1 saturated heterocycles. The first-order chi connectivity index (χ1) is 11.0. The van der Waals surface area contributed by atoms with Gasteiger partial charge < -0.3 is 10.4 Å². The predicted molar refractivity (Wildman–Crippen MR) is 88.2 cm³/mol. The smallest absolute Gasteiger partial charge is 0.131 e. The lowest BCUT2D eigenvalue weighted by molar-refractivity contribution is 0.148. The Morgan fingerprint density at radius 2 is 1.91 bits per heavy atom. The highest BCUT2D eigenvalue weighted by Crippen LogP contribution is 2.20. The summed E-state index contributed by atoms with van der Waals surface area (Å²) in [5, 5.41) is 13.3. The largest absolute Gasteiger partial charge is 0.387 e. The van der Waals surface area contributed by atoms with Gasteiger partial charge in [0.05, 0.1) is 11.7 Å². The Morgan fingerprint density at radius 1 is 1.30 bits per heavy atom. The van der Waals surface area contributed by atoms with E-state index >= 15 is 0 Å². The fourth-order valence-electron chi connectivity index (χ4n) is 2.84. The van der Waals surface area contributed by atoms with Crippen LogP contribution in [0, 0.1) is 11.6 Å². The standard InChI is InChI=1S/C18H26F2N2O/c1-13(2)6-9-22-10-7-14(8-11-22)21-12-17(23)18-15(19)4-3-5-16(18)20/h3-6,14,17,21,23H,7-12H2,1-2H3. The number of rotatable bonds is 6. The number of nitrogens with zero attached hydrogens (tertiary/aromatic N) is 1. The Morgan fingerprint density at radius 3 is 2.48 bits per heavy atom. The maximum atomic E-state index is 13.6. The molecule has 0 aromatic heterocycles. The summed E-state index contributed by atoms with van der Waals surface area (Å²) in [5.41, 5.74) is 1.07. The van der Waals surface area contributed by atoms with Crippen molar-refractivity contribution in [3.05, 3.63) is 47.0 Å². The molecule has 1 atom stereocenters. The van der Waals surface area contributed by atoms with Crippen LogP contribution in [0.25, 0.3) is 0 Å². The Hall–Kier alpha value is -1.30. The summed E-state index contributed by atoms with van der Waals surface area (Å²) in [5.74, 6) is -1.40. The van der Waals surface area contributed by atoms with Gasteiger partial charge in [0.1, 0.15) is 11.6 Å². The maximum Gasteiger partial charge on any atom is 0.131 e. The lowest BCUT2D eigenvalue weighted by Crippen LogP contribution is -2.43. The SMILES string of the molecule is CC(C)=CCN1CCC(NCC(O)c2c(F)cccc2F)CC1. The molecule has 1 fully saturated rings. The Bertz CT molecular complexity index is 516. The molecule has 2 N–H and O–H groups in total. The van der Waals surface area contributed by atoms with Gasteiger partial charge in [0.25, 0.3) is 0 Å². The van der Waals surface area contributed by atoms with E-state index in [9.17, 15) is 13.9 Å². The number of piperidine rings is 1. The molecule has 0 amide bonds. The van der Waals surface area contributed by atoms with Gasteiger partial charge in [-0.2, -0.15) is 0 Å². The van der Waals surface area contributed by atoms with Crippen LogP contribution in [0.4, 0.5) is 8.78 Å². The van der Waals surface area contributed by atoms with E-state index in [2.05, 4.69) is 30.1 Å². The van der Waals surface area contributed by atoms with Crippen LogP contribution in [0.5, 0.6) is 0 Å². The van der Waals surface area contributed by atoms with Crippen LogP contribution in [0.1, 0.15) is 38.4 Å². The number of halogens is 2. The zero-order valence-corrected chi connectivity index (χ0v) is 13.9. The molecule has 1 aromatic rings. The molecule has 1 aliphatic heterocycles. The zero-order chi connectivity index (χ0) is 16.8. The number of benzene rings is 1. The molecule has 128 valence electrons. The summed E-state index contributed by atoms with van der Waals surface area (Å²) in [4.78, 5) is 2.39. The second kappa shape index (κ2) is 8.52. The molecule has 0 spiro atoms. The van der Waals surface area contributed by atoms with Crippen LogP contribution in [0.2, 0.25) is 0 Å². The second-order valence-corrected chi connectivity index (χ2v) is 6.42. The van der Waals surface area contributed by atoms with Crippen molar-refractivity contribution in [2.45, 2.75) is 38.8 Å². The van der Waals surface area contributed by atoms with E-state index in [0.717, 1.165) is 32.5 Å². The third kappa shape index (κ3) is 5.37. The molecule has 1 aromatic carbocycles. The normalized spacial score (nSPS) is 18.0. The van der Waals surface area contributed by atoms with E-state index in [1.807, 2.05) is 0 Å². The summed E-state index contributed by atoms with van der Waals surface area (Å²) >= 11 is 0. The zero-order valence-electron chi connectivity index (χ0n) is 13.9. The first-order valence-corrected chi connectivity index (χ1v) is 8.18. The van der Waals surface area contributed by atoms with Crippen LogP contribution >= 0.6 is 0 Å². The first kappa shape index (κ1) is 18.0. The molecule has 3 nitrogen and oxygen atoms in total. The quantitative estimate of drug-likeness (QED) is 0.790. The van der Waals surface area contributed by atoms with Gasteiger partial charge in [-0.05, 0) is 51.9 Å². The lowest BCUT2D eigenvalue weighted by Gasteiger charge is -2.32. The van der Waals surface area contributed by atoms with Crippen molar-refractivity contribution in [2.24, 2.45) is 0 Å². The van der Waals surface area contributed by atoms with E-state index < -0.39 is 17.7 Å². The molecule has 1 heterocycles. The van der Waals surface area contributed by atoms with Crippen molar-refractivity contribution in [3.63, 3.8) is 0 Å². The van der Waals surface area contributed by atoms with Crippen LogP contribution in [-0.2, 0) is 0 Å². The van der Waals surface area contributed by atoms with Crippen LogP contribution in [0.15, 0.2) is 29.8 Å². The minimum absolute atomic E-state index is 0.163. The van der Waals surface area contributed by atoms with Gasteiger partial charge in [-0.3, -0.25) is 4.90 Å². The van der Waals surface area contributed by atoms with Crippen LogP contribution < -0.4 is 5.32 Å². The van der Waals surface area contributed by atoms with E-state index in [0.29, 0.717) is 0 Å². The van der Waals surface area contributed by atoms with E-state index in [4.69, 9.17) is 0 Å². The number of hydrogen-bond donors (Lipinski definition) is 2. The number of hydrogen-bond acceptors (Lipinski definition) is 3.